The number of aliphatic carboxylic acids is 1. The van der Waals surface area contributed by atoms with Crippen molar-refractivity contribution in [3.8, 4) is 5.75 Å². The third-order valence-corrected chi connectivity index (χ3v) is 2.65. The first kappa shape index (κ1) is 16.5. The number of hydrogen-bond acceptors (Lipinski definition) is 4. The molecule has 0 saturated carbocycles. The van der Waals surface area contributed by atoms with Crippen LogP contribution >= 0.6 is 0 Å². The number of unbranched alkanes of at least 4 members (excludes halogenated alkanes) is 1. The third-order valence-electron chi connectivity index (χ3n) is 2.65. The highest BCUT2D eigenvalue weighted by molar-refractivity contribution is 6.01. The molecule has 0 aromatic heterocycles. The zero-order valence-electron chi connectivity index (χ0n) is 11.7. The van der Waals surface area contributed by atoms with E-state index in [-0.39, 0.29) is 12.8 Å². The molecule has 3 N–H and O–H groups in total. The molecule has 0 spiro atoms. The van der Waals surface area contributed by atoms with E-state index in [1.54, 1.807) is 24.3 Å². The van der Waals surface area contributed by atoms with E-state index >= 15 is 0 Å². The van der Waals surface area contributed by atoms with Gasteiger partial charge in [0.1, 0.15) is 5.75 Å². The molecule has 7 heteroatoms. The number of methoxy groups -OCH3 is 1. The number of hydrogen-bond donors (Lipinski definition) is 3. The van der Waals surface area contributed by atoms with E-state index in [0.29, 0.717) is 24.3 Å². The van der Waals surface area contributed by atoms with Crippen molar-refractivity contribution in [3.05, 3.63) is 24.3 Å². The van der Waals surface area contributed by atoms with Crippen LogP contribution in [-0.2, 0) is 9.59 Å². The molecule has 21 heavy (non-hydrogen) atoms. The fourth-order valence-electron chi connectivity index (χ4n) is 1.65. The lowest BCUT2D eigenvalue weighted by Gasteiger charge is -2.10. The van der Waals surface area contributed by atoms with Gasteiger partial charge in [0.25, 0.3) is 0 Å². The number of anilines is 1. The Morgan fingerprint density at radius 2 is 1.81 bits per heavy atom. The van der Waals surface area contributed by atoms with Crippen LogP contribution in [0.2, 0.25) is 0 Å². The highest BCUT2D eigenvalue weighted by Crippen LogP contribution is 2.22. The number of carboxylic acid groups (broad SMARTS) is 1. The number of ether oxygens (including phenoxy) is 1. The number of amides is 3. The fourth-order valence-corrected chi connectivity index (χ4v) is 1.65. The average Bonchev–Trinajstić information content (AvgIpc) is 2.44. The quantitative estimate of drug-likeness (QED) is 0.667. The van der Waals surface area contributed by atoms with Crippen molar-refractivity contribution in [2.45, 2.75) is 25.7 Å². The fraction of sp³-hybridized carbons (Fsp3) is 0.357. The first-order valence-corrected chi connectivity index (χ1v) is 6.48. The summed E-state index contributed by atoms with van der Waals surface area (Å²) in [4.78, 5) is 33.4. The van der Waals surface area contributed by atoms with Gasteiger partial charge in [-0.25, -0.2) is 4.79 Å². The Labute approximate surface area is 122 Å². The Morgan fingerprint density at radius 3 is 2.48 bits per heavy atom. The molecule has 0 bridgehead atoms. The molecule has 7 nitrogen and oxygen atoms in total. The molecule has 1 rings (SSSR count). The Hall–Kier alpha value is -2.57. The van der Waals surface area contributed by atoms with Crippen LogP contribution in [0.25, 0.3) is 0 Å². The van der Waals surface area contributed by atoms with E-state index in [1.807, 2.05) is 0 Å². The maximum absolute atomic E-state index is 11.6. The van der Waals surface area contributed by atoms with Crippen molar-refractivity contribution < 1.29 is 24.2 Å². The number of para-hydroxylation sites is 2. The van der Waals surface area contributed by atoms with Crippen LogP contribution < -0.4 is 15.4 Å². The van der Waals surface area contributed by atoms with Gasteiger partial charge in [-0.1, -0.05) is 12.1 Å². The molecule has 114 valence electrons. The molecular weight excluding hydrogens is 276 g/mol. The third kappa shape index (κ3) is 6.42. The Kier molecular flexibility index (Phi) is 6.73. The summed E-state index contributed by atoms with van der Waals surface area (Å²) in [5, 5.41) is 13.1. The van der Waals surface area contributed by atoms with Gasteiger partial charge < -0.3 is 15.2 Å². The van der Waals surface area contributed by atoms with Gasteiger partial charge in [-0.05, 0) is 25.0 Å². The van der Waals surface area contributed by atoms with Crippen LogP contribution in [-0.4, -0.2) is 30.1 Å². The Balaban J connectivity index is 2.36. The van der Waals surface area contributed by atoms with Crippen LogP contribution in [0, 0.1) is 0 Å². The van der Waals surface area contributed by atoms with E-state index < -0.39 is 17.9 Å². The summed E-state index contributed by atoms with van der Waals surface area (Å²) in [6.07, 6.45) is 0.935. The molecule has 1 aromatic rings. The minimum absolute atomic E-state index is 0.0146. The second-order valence-electron chi connectivity index (χ2n) is 4.30. The zero-order valence-corrected chi connectivity index (χ0v) is 11.7. The van der Waals surface area contributed by atoms with Crippen molar-refractivity contribution in [2.75, 3.05) is 12.4 Å². The predicted molar refractivity (Wildman–Crippen MR) is 76.3 cm³/mol. The summed E-state index contributed by atoms with van der Waals surface area (Å²) in [6, 6.07) is 6.17. The van der Waals surface area contributed by atoms with Crippen LogP contribution in [0.1, 0.15) is 25.7 Å². The van der Waals surface area contributed by atoms with Crippen molar-refractivity contribution in [1.29, 1.82) is 0 Å². The topological polar surface area (TPSA) is 105 Å². The number of rotatable bonds is 7. The van der Waals surface area contributed by atoms with E-state index in [0.717, 1.165) is 0 Å². The summed E-state index contributed by atoms with van der Waals surface area (Å²) < 4.78 is 5.07. The van der Waals surface area contributed by atoms with Crippen molar-refractivity contribution in [3.63, 3.8) is 0 Å². The maximum Gasteiger partial charge on any atom is 0.325 e. The molecule has 3 amide bonds. The molecule has 0 aliphatic rings. The van der Waals surface area contributed by atoms with Crippen molar-refractivity contribution in [2.24, 2.45) is 0 Å². The lowest BCUT2D eigenvalue weighted by Crippen LogP contribution is -2.34. The summed E-state index contributed by atoms with van der Waals surface area (Å²) >= 11 is 0. The minimum Gasteiger partial charge on any atom is -0.495 e. The first-order chi connectivity index (χ1) is 10.0. The smallest absolute Gasteiger partial charge is 0.325 e. The number of urea groups is 1. The predicted octanol–water partition coefficient (Wildman–Crippen LogP) is 1.99. The maximum atomic E-state index is 11.6. The molecular formula is C14H18N2O5. The summed E-state index contributed by atoms with van der Waals surface area (Å²) in [5.41, 5.74) is 0.455. The van der Waals surface area contributed by atoms with E-state index in [4.69, 9.17) is 9.84 Å². The van der Waals surface area contributed by atoms with Crippen LogP contribution in [0.3, 0.4) is 0 Å². The Morgan fingerprint density at radius 1 is 1.14 bits per heavy atom. The number of nitrogens with one attached hydrogen (secondary N) is 2. The molecule has 0 saturated heterocycles. The molecule has 0 unspecified atom stereocenters. The van der Waals surface area contributed by atoms with E-state index in [2.05, 4.69) is 10.6 Å². The van der Waals surface area contributed by atoms with Gasteiger partial charge in [-0.2, -0.15) is 0 Å². The zero-order chi connectivity index (χ0) is 15.7. The second-order valence-corrected chi connectivity index (χ2v) is 4.30. The summed E-state index contributed by atoms with van der Waals surface area (Å²) in [5.74, 6) is -0.862. The normalized spacial score (nSPS) is 9.76. The summed E-state index contributed by atoms with van der Waals surface area (Å²) in [7, 11) is 1.48. The molecule has 0 aliphatic heterocycles. The van der Waals surface area contributed by atoms with Gasteiger partial charge in [0.2, 0.25) is 5.91 Å². The molecule has 0 aliphatic carbocycles. The number of carbonyl (C=O) groups is 3. The van der Waals surface area contributed by atoms with Crippen LogP contribution in [0.4, 0.5) is 10.5 Å². The summed E-state index contributed by atoms with van der Waals surface area (Å²) in [6.45, 7) is 0. The minimum atomic E-state index is -0.899. The van der Waals surface area contributed by atoms with Crippen LogP contribution in [0.15, 0.2) is 24.3 Å². The SMILES string of the molecule is COc1ccccc1NC(=O)NC(=O)CCCCC(=O)O. The highest BCUT2D eigenvalue weighted by atomic mass is 16.5. The average molecular weight is 294 g/mol. The van der Waals surface area contributed by atoms with Crippen LogP contribution in [0.5, 0.6) is 5.75 Å². The molecule has 0 fully saturated rings. The molecule has 0 atom stereocenters. The second kappa shape index (κ2) is 8.57. The van der Waals surface area contributed by atoms with Gasteiger partial charge in [0, 0.05) is 12.8 Å². The largest absolute Gasteiger partial charge is 0.495 e. The standard InChI is InChI=1S/C14H18N2O5/c1-21-11-7-3-2-6-10(11)15-14(20)16-12(17)8-4-5-9-13(18)19/h2-3,6-7H,4-5,8-9H2,1H3,(H,18,19)(H2,15,16,17,20). The Bertz CT molecular complexity index is 516. The van der Waals surface area contributed by atoms with Crippen molar-refractivity contribution >= 4 is 23.6 Å². The lowest BCUT2D eigenvalue weighted by atomic mass is 10.2. The number of carboxylic acids is 1. The number of carbonyl (C=O) groups excluding carboxylic acids is 2. The molecule has 0 radical (unpaired) electrons. The number of imide groups is 1. The molecule has 0 heterocycles. The van der Waals surface area contributed by atoms with Crippen molar-refractivity contribution in [1.82, 2.24) is 5.32 Å². The monoisotopic (exact) mass is 294 g/mol. The lowest BCUT2D eigenvalue weighted by molar-refractivity contribution is -0.137. The van der Waals surface area contributed by atoms with E-state index in [9.17, 15) is 14.4 Å². The van der Waals surface area contributed by atoms with Gasteiger partial charge in [-0.3, -0.25) is 14.9 Å². The van der Waals surface area contributed by atoms with E-state index in [1.165, 1.54) is 7.11 Å². The van der Waals surface area contributed by atoms with Gasteiger partial charge >= 0.3 is 12.0 Å². The highest BCUT2D eigenvalue weighted by Gasteiger charge is 2.10. The van der Waals surface area contributed by atoms with Gasteiger partial charge in [-0.15, -0.1) is 0 Å². The molecule has 1 aromatic carbocycles. The number of benzene rings is 1. The van der Waals surface area contributed by atoms with Gasteiger partial charge in [0.05, 0.1) is 12.8 Å². The first-order valence-electron chi connectivity index (χ1n) is 6.48. The van der Waals surface area contributed by atoms with Gasteiger partial charge in [0.15, 0.2) is 0 Å².